The van der Waals surface area contributed by atoms with Gasteiger partial charge in [0.05, 0.1) is 5.69 Å². The molecule has 0 atom stereocenters. The Morgan fingerprint density at radius 1 is 1.45 bits per heavy atom. The van der Waals surface area contributed by atoms with Gasteiger partial charge < -0.3 is 9.88 Å². The summed E-state index contributed by atoms with van der Waals surface area (Å²) in [5, 5.41) is 5.71. The van der Waals surface area contributed by atoms with E-state index in [4.69, 9.17) is 0 Å². The molecule has 0 bridgehead atoms. The van der Waals surface area contributed by atoms with Crippen molar-refractivity contribution in [2.24, 2.45) is 7.05 Å². The zero-order valence-electron chi connectivity index (χ0n) is 11.9. The highest BCUT2D eigenvalue weighted by Gasteiger charge is 2.22. The molecule has 114 valence electrons. The molecule has 2 N–H and O–H groups in total. The van der Waals surface area contributed by atoms with Gasteiger partial charge in [-0.1, -0.05) is 11.3 Å². The molecule has 0 saturated heterocycles. The fraction of sp³-hybridized carbons (Fsp3) is 0.286. The summed E-state index contributed by atoms with van der Waals surface area (Å²) < 4.78 is 1.33. The Labute approximate surface area is 130 Å². The number of hydrogen-bond acceptors (Lipinski definition) is 5. The van der Waals surface area contributed by atoms with Crippen LogP contribution in [0.25, 0.3) is 0 Å². The maximum atomic E-state index is 12.2. The molecule has 0 aliphatic carbocycles. The number of carbonyl (C=O) groups is 2. The fourth-order valence-corrected chi connectivity index (χ4v) is 3.15. The number of rotatable bonds is 2. The molecule has 2 aromatic rings. The van der Waals surface area contributed by atoms with Gasteiger partial charge in [-0.3, -0.25) is 19.7 Å². The Morgan fingerprint density at radius 3 is 3.09 bits per heavy atom. The summed E-state index contributed by atoms with van der Waals surface area (Å²) in [7, 11) is 1.58. The average Bonchev–Trinajstić information content (AvgIpc) is 2.81. The van der Waals surface area contributed by atoms with Crippen LogP contribution in [0.3, 0.4) is 0 Å². The van der Waals surface area contributed by atoms with E-state index in [2.05, 4.69) is 15.6 Å². The molecule has 0 radical (unpaired) electrons. The van der Waals surface area contributed by atoms with E-state index in [-0.39, 0.29) is 17.0 Å². The lowest BCUT2D eigenvalue weighted by molar-refractivity contribution is 0.0958. The normalized spacial score (nSPS) is 14.0. The Balaban J connectivity index is 1.86. The van der Waals surface area contributed by atoms with Crippen molar-refractivity contribution in [2.45, 2.75) is 12.8 Å². The monoisotopic (exact) mass is 318 g/mol. The van der Waals surface area contributed by atoms with E-state index in [1.165, 1.54) is 10.6 Å². The highest BCUT2D eigenvalue weighted by molar-refractivity contribution is 7.17. The number of thiazole rings is 1. The lowest BCUT2D eigenvalue weighted by atomic mass is 10.2. The van der Waals surface area contributed by atoms with Crippen molar-refractivity contribution in [2.75, 3.05) is 11.9 Å². The van der Waals surface area contributed by atoms with Gasteiger partial charge in [0.25, 0.3) is 17.4 Å². The second-order valence-electron chi connectivity index (χ2n) is 4.95. The largest absolute Gasteiger partial charge is 0.351 e. The molecule has 3 heterocycles. The molecular formula is C14H14N4O3S. The van der Waals surface area contributed by atoms with E-state index in [9.17, 15) is 14.4 Å². The third kappa shape index (κ3) is 2.64. The standard InChI is InChI=1S/C14H14N4O3S/c1-18-7-3-4-8(13(18)21)11(19)17-14-16-9-5-2-6-15-12(20)10(9)22-14/h3-4,7H,2,5-6H2,1H3,(H,15,20)(H,16,17,19). The summed E-state index contributed by atoms with van der Waals surface area (Å²) in [4.78, 5) is 40.8. The van der Waals surface area contributed by atoms with E-state index in [1.54, 1.807) is 19.3 Å². The molecular weight excluding hydrogens is 304 g/mol. The van der Waals surface area contributed by atoms with Crippen LogP contribution < -0.4 is 16.2 Å². The Kier molecular flexibility index (Phi) is 3.76. The second-order valence-corrected chi connectivity index (χ2v) is 5.95. The maximum absolute atomic E-state index is 12.2. The predicted octanol–water partition coefficient (Wildman–Crippen LogP) is 0.770. The molecule has 1 aliphatic rings. The first kappa shape index (κ1) is 14.5. The van der Waals surface area contributed by atoms with Gasteiger partial charge >= 0.3 is 0 Å². The summed E-state index contributed by atoms with van der Waals surface area (Å²) in [6, 6.07) is 3.09. The van der Waals surface area contributed by atoms with Gasteiger partial charge in [0.15, 0.2) is 5.13 Å². The molecule has 2 amide bonds. The molecule has 22 heavy (non-hydrogen) atoms. The topological polar surface area (TPSA) is 93.1 Å². The van der Waals surface area contributed by atoms with Crippen LogP contribution in [-0.4, -0.2) is 27.9 Å². The Morgan fingerprint density at radius 2 is 2.27 bits per heavy atom. The number of hydrogen-bond donors (Lipinski definition) is 2. The lowest BCUT2D eigenvalue weighted by Gasteiger charge is -2.03. The molecule has 2 aromatic heterocycles. The third-order valence-corrected chi connectivity index (χ3v) is 4.38. The number of nitrogens with zero attached hydrogens (tertiary/aromatic N) is 2. The van der Waals surface area contributed by atoms with Gasteiger partial charge in [-0.05, 0) is 25.0 Å². The molecule has 0 saturated carbocycles. The number of carbonyl (C=O) groups excluding carboxylic acids is 2. The fourth-order valence-electron chi connectivity index (χ4n) is 2.22. The number of anilines is 1. The molecule has 0 fully saturated rings. The van der Waals surface area contributed by atoms with Gasteiger partial charge in [-0.25, -0.2) is 4.98 Å². The molecule has 7 nitrogen and oxygen atoms in total. The van der Waals surface area contributed by atoms with Crippen molar-refractivity contribution in [3.63, 3.8) is 0 Å². The minimum atomic E-state index is -0.523. The summed E-state index contributed by atoms with van der Waals surface area (Å²) >= 11 is 1.13. The van der Waals surface area contributed by atoms with Crippen molar-refractivity contribution in [1.82, 2.24) is 14.9 Å². The molecule has 1 aliphatic heterocycles. The lowest BCUT2D eigenvalue weighted by Crippen LogP contribution is -2.27. The van der Waals surface area contributed by atoms with Gasteiger partial charge in [0.2, 0.25) is 0 Å². The van der Waals surface area contributed by atoms with E-state index >= 15 is 0 Å². The molecule has 0 aromatic carbocycles. The van der Waals surface area contributed by atoms with Crippen molar-refractivity contribution in [3.05, 3.63) is 44.8 Å². The van der Waals surface area contributed by atoms with E-state index < -0.39 is 5.91 Å². The average molecular weight is 318 g/mol. The van der Waals surface area contributed by atoms with Crippen molar-refractivity contribution in [3.8, 4) is 0 Å². The van der Waals surface area contributed by atoms with Crippen molar-refractivity contribution < 1.29 is 9.59 Å². The highest BCUT2D eigenvalue weighted by Crippen LogP contribution is 2.25. The van der Waals surface area contributed by atoms with Crippen LogP contribution in [0.4, 0.5) is 5.13 Å². The SMILES string of the molecule is Cn1cccc(C(=O)Nc2nc3c(s2)C(=O)NCCC3)c1=O. The summed E-state index contributed by atoms with van der Waals surface area (Å²) in [6.07, 6.45) is 3.08. The second kappa shape index (κ2) is 5.72. The van der Waals surface area contributed by atoms with Crippen LogP contribution in [0.1, 0.15) is 32.1 Å². The maximum Gasteiger partial charge on any atom is 0.263 e. The van der Waals surface area contributed by atoms with Gasteiger partial charge in [0.1, 0.15) is 10.4 Å². The van der Waals surface area contributed by atoms with E-state index in [1.807, 2.05) is 0 Å². The van der Waals surface area contributed by atoms with Gasteiger partial charge in [-0.2, -0.15) is 0 Å². The van der Waals surface area contributed by atoms with Gasteiger partial charge in [-0.15, -0.1) is 0 Å². The zero-order chi connectivity index (χ0) is 15.7. The van der Waals surface area contributed by atoms with Crippen LogP contribution in [0.5, 0.6) is 0 Å². The first-order valence-electron chi connectivity index (χ1n) is 6.81. The van der Waals surface area contributed by atoms with Crippen LogP contribution in [0.15, 0.2) is 23.1 Å². The third-order valence-electron chi connectivity index (χ3n) is 3.37. The number of aryl methyl sites for hydroxylation is 2. The summed E-state index contributed by atoms with van der Waals surface area (Å²) in [6.45, 7) is 0.629. The number of aromatic nitrogens is 2. The minimum Gasteiger partial charge on any atom is -0.351 e. The zero-order valence-corrected chi connectivity index (χ0v) is 12.7. The van der Waals surface area contributed by atoms with Crippen molar-refractivity contribution >= 4 is 28.3 Å². The Bertz CT molecular complexity index is 809. The van der Waals surface area contributed by atoms with Crippen molar-refractivity contribution in [1.29, 1.82) is 0 Å². The van der Waals surface area contributed by atoms with Crippen LogP contribution in [0.2, 0.25) is 0 Å². The van der Waals surface area contributed by atoms with E-state index in [0.717, 1.165) is 17.8 Å². The van der Waals surface area contributed by atoms with Crippen LogP contribution in [-0.2, 0) is 13.5 Å². The van der Waals surface area contributed by atoms with Crippen LogP contribution >= 0.6 is 11.3 Å². The quantitative estimate of drug-likeness (QED) is 0.855. The van der Waals surface area contributed by atoms with E-state index in [0.29, 0.717) is 28.7 Å². The molecule has 0 unspecified atom stereocenters. The predicted molar refractivity (Wildman–Crippen MR) is 82.4 cm³/mol. The number of fused-ring (bicyclic) bond motifs is 1. The number of pyridine rings is 1. The first-order valence-corrected chi connectivity index (χ1v) is 7.63. The molecule has 8 heteroatoms. The van der Waals surface area contributed by atoms with Crippen LogP contribution in [0, 0.1) is 0 Å². The minimum absolute atomic E-state index is 0.0415. The number of nitrogens with one attached hydrogen (secondary N) is 2. The molecule has 3 rings (SSSR count). The Hall–Kier alpha value is -2.48. The number of amides is 2. The van der Waals surface area contributed by atoms with Gasteiger partial charge in [0, 0.05) is 19.8 Å². The smallest absolute Gasteiger partial charge is 0.263 e. The summed E-state index contributed by atoms with van der Waals surface area (Å²) in [5.41, 5.74) is 0.354. The highest BCUT2D eigenvalue weighted by atomic mass is 32.1. The molecule has 0 spiro atoms. The first-order chi connectivity index (χ1) is 10.6. The summed E-state index contributed by atoms with van der Waals surface area (Å²) in [5.74, 6) is -0.688.